The minimum absolute atomic E-state index is 0.0455. The second kappa shape index (κ2) is 11.6. The number of fused-ring (bicyclic) bond motifs is 1. The van der Waals surface area contributed by atoms with Crippen molar-refractivity contribution in [1.82, 2.24) is 29.4 Å². The van der Waals surface area contributed by atoms with Gasteiger partial charge in [0, 0.05) is 67.2 Å². The van der Waals surface area contributed by atoms with E-state index < -0.39 is 0 Å². The average Bonchev–Trinajstić information content (AvgIpc) is 3.42. The first kappa shape index (κ1) is 27.2. The number of anilines is 1. The lowest BCUT2D eigenvalue weighted by Gasteiger charge is -2.42. The number of ether oxygens (including phenoxy) is 1. The Morgan fingerprint density at radius 3 is 2.47 bits per heavy atom. The highest BCUT2D eigenvalue weighted by Crippen LogP contribution is 2.35. The molecule has 4 aromatic heterocycles. The fourth-order valence-electron chi connectivity index (χ4n) is 6.63. The molecule has 1 saturated heterocycles. The SMILES string of the molecule is COC(=O)[C@H]1CC[C@H](CN2CC(c3ccc(-n4c(-c5cccnc5N)nc5cc(-c6cccnc6)cnc54)cc3)C2)CC1. The summed E-state index contributed by atoms with van der Waals surface area (Å²) >= 11 is 0. The summed E-state index contributed by atoms with van der Waals surface area (Å²) in [7, 11) is 1.49. The molecule has 1 aliphatic carbocycles. The molecule has 0 radical (unpaired) electrons. The second-order valence-corrected chi connectivity index (χ2v) is 11.8. The van der Waals surface area contributed by atoms with E-state index in [2.05, 4.69) is 43.7 Å². The molecule has 9 nitrogen and oxygen atoms in total. The van der Waals surface area contributed by atoms with Crippen LogP contribution in [0.15, 0.2) is 79.4 Å². The van der Waals surface area contributed by atoms with Gasteiger partial charge in [0.25, 0.3) is 0 Å². The van der Waals surface area contributed by atoms with Gasteiger partial charge in [-0.1, -0.05) is 18.2 Å². The molecule has 1 saturated carbocycles. The molecule has 0 spiro atoms. The quantitative estimate of drug-likeness (QED) is 0.254. The number of nitrogens with zero attached hydrogens (tertiary/aromatic N) is 6. The maximum absolute atomic E-state index is 11.8. The van der Waals surface area contributed by atoms with Crippen LogP contribution >= 0.6 is 0 Å². The number of rotatable bonds is 7. The van der Waals surface area contributed by atoms with Gasteiger partial charge in [-0.05, 0) is 73.6 Å². The molecular formula is C34H35N7O2. The van der Waals surface area contributed by atoms with Crippen molar-refractivity contribution in [2.45, 2.75) is 31.6 Å². The third-order valence-corrected chi connectivity index (χ3v) is 9.05. The molecule has 0 atom stereocenters. The number of carbonyl (C=O) groups excluding carboxylic acids is 1. The number of imidazole rings is 1. The smallest absolute Gasteiger partial charge is 0.308 e. The summed E-state index contributed by atoms with van der Waals surface area (Å²) in [6.45, 7) is 3.26. The molecule has 5 heterocycles. The van der Waals surface area contributed by atoms with E-state index in [-0.39, 0.29) is 11.9 Å². The number of hydrogen-bond donors (Lipinski definition) is 1. The lowest BCUT2D eigenvalue weighted by molar-refractivity contribution is -0.146. The Morgan fingerprint density at radius 2 is 1.74 bits per heavy atom. The van der Waals surface area contributed by atoms with Crippen molar-refractivity contribution < 1.29 is 9.53 Å². The van der Waals surface area contributed by atoms with E-state index in [1.165, 1.54) is 12.7 Å². The first-order valence-electron chi connectivity index (χ1n) is 15.0. The summed E-state index contributed by atoms with van der Waals surface area (Å²) in [5, 5.41) is 0. The monoisotopic (exact) mass is 573 g/mol. The standard InChI is InChI=1S/C34H35N7O2/c1-43-34(42)24-8-6-22(7-9-24)19-40-20-27(21-40)23-10-12-28(13-11-23)41-32(29-5-3-15-37-31(29)35)39-30-16-26(18-38-33(30)41)25-4-2-14-36-17-25/h2-5,10-18,22,24,27H,6-9,19-21H2,1H3,(H2,35,37)/t22-,24-. The molecule has 5 aromatic rings. The van der Waals surface area contributed by atoms with Crippen LogP contribution in [0.4, 0.5) is 5.82 Å². The van der Waals surface area contributed by atoms with Crippen molar-refractivity contribution in [1.29, 1.82) is 0 Å². The summed E-state index contributed by atoms with van der Waals surface area (Å²) in [4.78, 5) is 32.8. The number of likely N-dealkylation sites (tertiary alicyclic amines) is 1. The van der Waals surface area contributed by atoms with Crippen LogP contribution in [0.3, 0.4) is 0 Å². The fraction of sp³-hybridized carbons (Fsp3) is 0.324. The zero-order valence-corrected chi connectivity index (χ0v) is 24.3. The summed E-state index contributed by atoms with van der Waals surface area (Å²) < 4.78 is 7.01. The Kier molecular flexibility index (Phi) is 7.32. The fourth-order valence-corrected chi connectivity index (χ4v) is 6.63. The van der Waals surface area contributed by atoms with Gasteiger partial charge in [-0.25, -0.2) is 15.0 Å². The highest BCUT2D eigenvalue weighted by atomic mass is 16.5. The average molecular weight is 574 g/mol. The Morgan fingerprint density at radius 1 is 0.953 bits per heavy atom. The van der Waals surface area contributed by atoms with E-state index in [9.17, 15) is 4.79 Å². The van der Waals surface area contributed by atoms with Crippen molar-refractivity contribution in [2.75, 3.05) is 32.5 Å². The second-order valence-electron chi connectivity index (χ2n) is 11.8. The lowest BCUT2D eigenvalue weighted by Crippen LogP contribution is -2.47. The van der Waals surface area contributed by atoms with Crippen molar-refractivity contribution >= 4 is 23.0 Å². The van der Waals surface area contributed by atoms with E-state index in [1.807, 2.05) is 42.7 Å². The molecule has 0 amide bonds. The van der Waals surface area contributed by atoms with Crippen LogP contribution < -0.4 is 5.73 Å². The van der Waals surface area contributed by atoms with E-state index >= 15 is 0 Å². The van der Waals surface area contributed by atoms with Gasteiger partial charge < -0.3 is 15.4 Å². The van der Waals surface area contributed by atoms with Crippen molar-refractivity contribution in [3.8, 4) is 28.2 Å². The Bertz CT molecular complexity index is 1740. The van der Waals surface area contributed by atoms with Crippen molar-refractivity contribution in [3.05, 3.63) is 84.9 Å². The molecule has 2 N–H and O–H groups in total. The van der Waals surface area contributed by atoms with Gasteiger partial charge >= 0.3 is 5.97 Å². The Balaban J connectivity index is 1.10. The molecule has 2 fully saturated rings. The number of hydrogen-bond acceptors (Lipinski definition) is 8. The van der Waals surface area contributed by atoms with Gasteiger partial charge in [0.05, 0.1) is 18.6 Å². The molecule has 1 aliphatic heterocycles. The minimum Gasteiger partial charge on any atom is -0.469 e. The molecule has 218 valence electrons. The number of esters is 1. The zero-order valence-electron chi connectivity index (χ0n) is 24.3. The third-order valence-electron chi connectivity index (χ3n) is 9.05. The number of carbonyl (C=O) groups is 1. The minimum atomic E-state index is -0.0455. The molecule has 0 unspecified atom stereocenters. The Labute approximate surface area is 250 Å². The highest BCUT2D eigenvalue weighted by Gasteiger charge is 2.33. The number of aromatic nitrogens is 5. The molecule has 0 bridgehead atoms. The van der Waals surface area contributed by atoms with E-state index in [0.717, 1.165) is 78.9 Å². The largest absolute Gasteiger partial charge is 0.469 e. The lowest BCUT2D eigenvalue weighted by atomic mass is 9.80. The number of methoxy groups -OCH3 is 1. The van der Waals surface area contributed by atoms with Crippen LogP contribution in [-0.2, 0) is 9.53 Å². The van der Waals surface area contributed by atoms with Crippen molar-refractivity contribution in [2.24, 2.45) is 11.8 Å². The van der Waals surface area contributed by atoms with Crippen LogP contribution in [0.25, 0.3) is 39.4 Å². The summed E-state index contributed by atoms with van der Waals surface area (Å²) in [5.41, 5.74) is 12.9. The number of nitrogens with two attached hydrogens (primary N) is 1. The van der Waals surface area contributed by atoms with E-state index in [1.54, 1.807) is 12.4 Å². The van der Waals surface area contributed by atoms with Gasteiger partial charge in [0.15, 0.2) is 11.5 Å². The zero-order chi connectivity index (χ0) is 29.3. The predicted octanol–water partition coefficient (Wildman–Crippen LogP) is 5.51. The van der Waals surface area contributed by atoms with Crippen LogP contribution in [0, 0.1) is 11.8 Å². The van der Waals surface area contributed by atoms with Crippen LogP contribution in [0.5, 0.6) is 0 Å². The summed E-state index contributed by atoms with van der Waals surface area (Å²) in [6, 6.07) is 18.6. The van der Waals surface area contributed by atoms with Gasteiger partial charge in [0.1, 0.15) is 11.3 Å². The van der Waals surface area contributed by atoms with Gasteiger partial charge in [-0.2, -0.15) is 0 Å². The normalized spacial score (nSPS) is 19.3. The molecule has 43 heavy (non-hydrogen) atoms. The number of benzene rings is 1. The van der Waals surface area contributed by atoms with E-state index in [4.69, 9.17) is 20.4 Å². The summed E-state index contributed by atoms with van der Waals surface area (Å²) in [6.07, 6.45) is 11.3. The number of pyridine rings is 3. The molecule has 7 rings (SSSR count). The van der Waals surface area contributed by atoms with Crippen LogP contribution in [-0.4, -0.2) is 62.1 Å². The molecule has 1 aromatic carbocycles. The van der Waals surface area contributed by atoms with Crippen LogP contribution in [0.1, 0.15) is 37.2 Å². The highest BCUT2D eigenvalue weighted by molar-refractivity contribution is 5.85. The van der Waals surface area contributed by atoms with Gasteiger partial charge in [-0.3, -0.25) is 14.3 Å². The first-order chi connectivity index (χ1) is 21.1. The van der Waals surface area contributed by atoms with Crippen LogP contribution in [0.2, 0.25) is 0 Å². The van der Waals surface area contributed by atoms with E-state index in [0.29, 0.717) is 23.5 Å². The molecule has 2 aliphatic rings. The molecule has 9 heteroatoms. The van der Waals surface area contributed by atoms with Gasteiger partial charge in [-0.15, -0.1) is 0 Å². The van der Waals surface area contributed by atoms with Crippen molar-refractivity contribution in [3.63, 3.8) is 0 Å². The third kappa shape index (κ3) is 5.36. The summed E-state index contributed by atoms with van der Waals surface area (Å²) in [5.74, 6) is 2.37. The Hall–Kier alpha value is -4.63. The first-order valence-corrected chi connectivity index (χ1v) is 15.0. The topological polar surface area (TPSA) is 112 Å². The maximum atomic E-state index is 11.8. The molecular weight excluding hydrogens is 538 g/mol. The maximum Gasteiger partial charge on any atom is 0.308 e. The number of nitrogen functional groups attached to an aromatic ring is 1. The predicted molar refractivity (Wildman–Crippen MR) is 166 cm³/mol. The van der Waals surface area contributed by atoms with Gasteiger partial charge in [0.2, 0.25) is 0 Å².